The Hall–Kier alpha value is -0.650. The maximum atomic E-state index is 12.5. The van der Waals surface area contributed by atoms with Crippen molar-refractivity contribution in [1.29, 1.82) is 0 Å². The third-order valence-electron chi connectivity index (χ3n) is 3.48. The smallest absolute Gasteiger partial charge is 0.179 e. The molecule has 116 valence electrons. The third-order valence-corrected chi connectivity index (χ3v) is 7.41. The lowest BCUT2D eigenvalue weighted by Gasteiger charge is -2.05. The number of thiophene rings is 2. The average molecular weight is 343 g/mol. The minimum atomic E-state index is -3.15. The summed E-state index contributed by atoms with van der Waals surface area (Å²) in [6, 6.07) is 5.70. The molecule has 21 heavy (non-hydrogen) atoms. The van der Waals surface area contributed by atoms with Crippen molar-refractivity contribution in [2.75, 3.05) is 5.75 Å². The molecule has 0 aromatic carbocycles. The number of hydrogen-bond donors (Lipinski definition) is 0. The second-order valence-electron chi connectivity index (χ2n) is 5.18. The molecule has 0 radical (unpaired) electrons. The maximum absolute atomic E-state index is 12.5. The first-order valence-corrected chi connectivity index (χ1v) is 10.9. The minimum absolute atomic E-state index is 0.272. The molecule has 2 nitrogen and oxygen atoms in total. The van der Waals surface area contributed by atoms with Crippen molar-refractivity contribution in [3.05, 3.63) is 29.0 Å². The standard InChI is InChI=1S/C16H22O2S3/c1-2-3-4-5-6-7-13-21(17,18)15-10-12-20-16(15)14-9-8-11-19-14/h8-12H,2-7,13H2,1H3. The van der Waals surface area contributed by atoms with Crippen molar-refractivity contribution >= 4 is 32.5 Å². The average Bonchev–Trinajstić information content (AvgIpc) is 3.11. The molecule has 2 aromatic heterocycles. The zero-order chi connectivity index (χ0) is 15.1. The van der Waals surface area contributed by atoms with E-state index in [0.717, 1.165) is 29.0 Å². The van der Waals surface area contributed by atoms with E-state index in [2.05, 4.69) is 6.92 Å². The Morgan fingerprint density at radius 1 is 0.952 bits per heavy atom. The van der Waals surface area contributed by atoms with Crippen molar-refractivity contribution in [3.63, 3.8) is 0 Å². The second kappa shape index (κ2) is 8.11. The lowest BCUT2D eigenvalue weighted by atomic mass is 10.1. The number of sulfone groups is 1. The first-order chi connectivity index (χ1) is 10.1. The van der Waals surface area contributed by atoms with E-state index in [4.69, 9.17) is 0 Å². The van der Waals surface area contributed by atoms with Gasteiger partial charge in [0.05, 0.1) is 15.5 Å². The fourth-order valence-electron chi connectivity index (χ4n) is 2.31. The van der Waals surface area contributed by atoms with Crippen LogP contribution in [0, 0.1) is 0 Å². The summed E-state index contributed by atoms with van der Waals surface area (Å²) in [6.45, 7) is 2.19. The van der Waals surface area contributed by atoms with E-state index in [1.54, 1.807) is 17.4 Å². The van der Waals surface area contributed by atoms with Gasteiger partial charge in [-0.2, -0.15) is 0 Å². The molecular weight excluding hydrogens is 320 g/mol. The van der Waals surface area contributed by atoms with Crippen LogP contribution in [0.4, 0.5) is 0 Å². The van der Waals surface area contributed by atoms with E-state index in [-0.39, 0.29) is 5.75 Å². The highest BCUT2D eigenvalue weighted by atomic mass is 32.2. The van der Waals surface area contributed by atoms with Crippen LogP contribution in [0.1, 0.15) is 45.4 Å². The third kappa shape index (κ3) is 4.66. The topological polar surface area (TPSA) is 34.1 Å². The fraction of sp³-hybridized carbons (Fsp3) is 0.500. The van der Waals surface area contributed by atoms with Crippen LogP contribution in [0.25, 0.3) is 9.75 Å². The van der Waals surface area contributed by atoms with E-state index in [1.165, 1.54) is 30.6 Å². The molecule has 0 bridgehead atoms. The highest BCUT2D eigenvalue weighted by Gasteiger charge is 2.20. The first-order valence-electron chi connectivity index (χ1n) is 7.49. The van der Waals surface area contributed by atoms with Crippen LogP contribution in [-0.4, -0.2) is 14.2 Å². The molecule has 0 fully saturated rings. The van der Waals surface area contributed by atoms with E-state index < -0.39 is 9.84 Å². The molecule has 0 aliphatic rings. The van der Waals surface area contributed by atoms with Crippen LogP contribution >= 0.6 is 22.7 Å². The second-order valence-corrected chi connectivity index (χ2v) is 9.12. The van der Waals surface area contributed by atoms with Gasteiger partial charge in [0.1, 0.15) is 0 Å². The van der Waals surface area contributed by atoms with Crippen molar-refractivity contribution < 1.29 is 8.42 Å². The Morgan fingerprint density at radius 2 is 1.71 bits per heavy atom. The van der Waals surface area contributed by atoms with Gasteiger partial charge < -0.3 is 0 Å². The monoisotopic (exact) mass is 342 g/mol. The quantitative estimate of drug-likeness (QED) is 0.555. The van der Waals surface area contributed by atoms with Crippen LogP contribution in [-0.2, 0) is 9.84 Å². The van der Waals surface area contributed by atoms with Crippen molar-refractivity contribution in [1.82, 2.24) is 0 Å². The molecule has 2 heterocycles. The largest absolute Gasteiger partial charge is 0.224 e. The van der Waals surface area contributed by atoms with Crippen molar-refractivity contribution in [3.8, 4) is 9.75 Å². The maximum Gasteiger partial charge on any atom is 0.179 e. The van der Waals surface area contributed by atoms with Gasteiger partial charge in [0.15, 0.2) is 9.84 Å². The number of hydrogen-bond acceptors (Lipinski definition) is 4. The lowest BCUT2D eigenvalue weighted by molar-refractivity contribution is 0.584. The Balaban J connectivity index is 1.96. The van der Waals surface area contributed by atoms with Crippen LogP contribution in [0.5, 0.6) is 0 Å². The molecule has 2 aromatic rings. The summed E-state index contributed by atoms with van der Waals surface area (Å²) in [5.74, 6) is 0.272. The Kier molecular flexibility index (Phi) is 6.45. The van der Waals surface area contributed by atoms with Gasteiger partial charge in [0, 0.05) is 4.88 Å². The van der Waals surface area contributed by atoms with Gasteiger partial charge >= 0.3 is 0 Å². The zero-order valence-corrected chi connectivity index (χ0v) is 14.8. The van der Waals surface area contributed by atoms with E-state index in [1.807, 2.05) is 22.9 Å². The SMILES string of the molecule is CCCCCCCCS(=O)(=O)c1ccsc1-c1cccs1. The summed E-state index contributed by atoms with van der Waals surface area (Å²) in [7, 11) is -3.15. The predicted octanol–water partition coefficient (Wildman–Crippen LogP) is 5.61. The number of rotatable bonds is 9. The summed E-state index contributed by atoms with van der Waals surface area (Å²) in [5.41, 5.74) is 0. The zero-order valence-electron chi connectivity index (χ0n) is 12.4. The van der Waals surface area contributed by atoms with Gasteiger partial charge in [-0.15, -0.1) is 22.7 Å². The molecule has 0 aliphatic carbocycles. The van der Waals surface area contributed by atoms with Gasteiger partial charge in [0.25, 0.3) is 0 Å². The molecule has 0 amide bonds. The summed E-state index contributed by atoms with van der Waals surface area (Å²) < 4.78 is 25.0. The molecule has 0 saturated heterocycles. The molecular formula is C16H22O2S3. The molecule has 0 saturated carbocycles. The van der Waals surface area contributed by atoms with Gasteiger partial charge in [-0.25, -0.2) is 8.42 Å². The highest BCUT2D eigenvalue weighted by molar-refractivity contribution is 7.91. The first kappa shape index (κ1) is 16.7. The van der Waals surface area contributed by atoms with E-state index in [9.17, 15) is 8.42 Å². The summed E-state index contributed by atoms with van der Waals surface area (Å²) >= 11 is 3.11. The van der Waals surface area contributed by atoms with Crippen molar-refractivity contribution in [2.24, 2.45) is 0 Å². The molecule has 0 N–H and O–H groups in total. The molecule has 2 rings (SSSR count). The predicted molar refractivity (Wildman–Crippen MR) is 93.1 cm³/mol. The van der Waals surface area contributed by atoms with Crippen molar-refractivity contribution in [2.45, 2.75) is 50.3 Å². The van der Waals surface area contributed by atoms with Crippen LogP contribution in [0.15, 0.2) is 33.9 Å². The molecule has 0 spiro atoms. The van der Waals surface area contributed by atoms with E-state index >= 15 is 0 Å². The van der Waals surface area contributed by atoms with Crippen LogP contribution in [0.3, 0.4) is 0 Å². The Labute approximate surface area is 135 Å². The Morgan fingerprint density at radius 3 is 2.43 bits per heavy atom. The highest BCUT2D eigenvalue weighted by Crippen LogP contribution is 2.36. The fourth-order valence-corrected chi connectivity index (χ4v) is 6.14. The molecule has 0 aliphatic heterocycles. The van der Waals surface area contributed by atoms with E-state index in [0.29, 0.717) is 4.90 Å². The van der Waals surface area contributed by atoms with Crippen LogP contribution < -0.4 is 0 Å². The lowest BCUT2D eigenvalue weighted by Crippen LogP contribution is -2.06. The molecule has 5 heteroatoms. The van der Waals surface area contributed by atoms with Crippen LogP contribution in [0.2, 0.25) is 0 Å². The summed E-state index contributed by atoms with van der Waals surface area (Å²) in [5, 5.41) is 3.86. The number of unbranched alkanes of at least 4 members (excludes halogenated alkanes) is 5. The minimum Gasteiger partial charge on any atom is -0.224 e. The van der Waals surface area contributed by atoms with Gasteiger partial charge in [-0.05, 0) is 29.3 Å². The summed E-state index contributed by atoms with van der Waals surface area (Å²) in [4.78, 5) is 2.46. The molecule has 0 atom stereocenters. The molecule has 0 unspecified atom stereocenters. The summed E-state index contributed by atoms with van der Waals surface area (Å²) in [6.07, 6.45) is 6.61. The van der Waals surface area contributed by atoms with Gasteiger partial charge in [0.2, 0.25) is 0 Å². The normalized spacial score (nSPS) is 11.9. The van der Waals surface area contributed by atoms with Gasteiger partial charge in [-0.3, -0.25) is 0 Å². The van der Waals surface area contributed by atoms with Gasteiger partial charge in [-0.1, -0.05) is 45.1 Å². The Bertz CT molecular complexity index is 624.